The van der Waals surface area contributed by atoms with Crippen molar-refractivity contribution in [3.8, 4) is 0 Å². The zero-order valence-corrected chi connectivity index (χ0v) is 7.56. The number of nitrogens with zero attached hydrogens (tertiary/aromatic N) is 3. The van der Waals surface area contributed by atoms with Gasteiger partial charge in [-0.25, -0.2) is 9.99 Å². The molecule has 1 aromatic rings. The molecule has 0 atom stereocenters. The van der Waals surface area contributed by atoms with Crippen LogP contribution in [0.25, 0.3) is 0 Å². The Labute approximate surface area is 77.9 Å². The van der Waals surface area contributed by atoms with Crippen LogP contribution >= 0.6 is 0 Å². The van der Waals surface area contributed by atoms with Crippen LogP contribution in [0.5, 0.6) is 0 Å². The van der Waals surface area contributed by atoms with Gasteiger partial charge in [0.25, 0.3) is 0 Å². The van der Waals surface area contributed by atoms with E-state index in [2.05, 4.69) is 9.88 Å². The minimum Gasteiger partial charge on any atom is -0.354 e. The Bertz CT molecular complexity index is 254. The molecule has 0 unspecified atom stereocenters. The van der Waals surface area contributed by atoms with Crippen LogP contribution in [0.4, 0.5) is 5.82 Å². The van der Waals surface area contributed by atoms with Crippen molar-refractivity contribution in [2.45, 2.75) is 0 Å². The maximum atomic E-state index is 5.66. The fourth-order valence-electron chi connectivity index (χ4n) is 1.49. The summed E-state index contributed by atoms with van der Waals surface area (Å²) < 4.78 is 0. The lowest BCUT2D eigenvalue weighted by Crippen LogP contribution is -2.49. The van der Waals surface area contributed by atoms with Gasteiger partial charge < -0.3 is 4.90 Å². The first kappa shape index (κ1) is 8.47. The molecule has 1 aliphatic heterocycles. The Hall–Kier alpha value is -1.13. The maximum Gasteiger partial charge on any atom is 0.128 e. The minimum absolute atomic E-state index is 0.913. The van der Waals surface area contributed by atoms with Gasteiger partial charge in [-0.15, -0.1) is 0 Å². The molecule has 2 rings (SSSR count). The third kappa shape index (κ3) is 1.96. The summed E-state index contributed by atoms with van der Waals surface area (Å²) in [5, 5.41) is 1.85. The van der Waals surface area contributed by atoms with Crippen molar-refractivity contribution in [3.63, 3.8) is 0 Å². The number of rotatable bonds is 1. The van der Waals surface area contributed by atoms with E-state index < -0.39 is 0 Å². The van der Waals surface area contributed by atoms with Gasteiger partial charge in [0.05, 0.1) is 0 Å². The predicted octanol–water partition coefficient (Wildman–Crippen LogP) is 0.0773. The summed E-state index contributed by atoms with van der Waals surface area (Å²) in [6.07, 6.45) is 1.82. The van der Waals surface area contributed by atoms with Crippen LogP contribution < -0.4 is 10.7 Å². The van der Waals surface area contributed by atoms with E-state index in [1.54, 1.807) is 0 Å². The Morgan fingerprint density at radius 1 is 1.15 bits per heavy atom. The highest BCUT2D eigenvalue weighted by Gasteiger charge is 2.14. The molecule has 4 nitrogen and oxygen atoms in total. The summed E-state index contributed by atoms with van der Waals surface area (Å²) >= 11 is 0. The minimum atomic E-state index is 0.913. The number of nitrogens with two attached hydrogens (primary N) is 1. The Morgan fingerprint density at radius 2 is 1.92 bits per heavy atom. The second-order valence-electron chi connectivity index (χ2n) is 3.21. The summed E-state index contributed by atoms with van der Waals surface area (Å²) in [4.78, 5) is 6.55. The molecule has 0 amide bonds. The van der Waals surface area contributed by atoms with Gasteiger partial charge in [-0.2, -0.15) is 0 Å². The number of hydrogen-bond donors (Lipinski definition) is 1. The first-order chi connectivity index (χ1) is 6.36. The molecule has 0 aromatic carbocycles. The zero-order chi connectivity index (χ0) is 9.10. The van der Waals surface area contributed by atoms with Crippen LogP contribution in [0.1, 0.15) is 0 Å². The second-order valence-corrected chi connectivity index (χ2v) is 3.21. The lowest BCUT2D eigenvalue weighted by Gasteiger charge is -2.32. The third-order valence-corrected chi connectivity index (χ3v) is 2.29. The van der Waals surface area contributed by atoms with Crippen LogP contribution in [-0.2, 0) is 0 Å². The fraction of sp³-hybridized carbons (Fsp3) is 0.444. The van der Waals surface area contributed by atoms with Gasteiger partial charge in [-0.1, -0.05) is 6.07 Å². The molecule has 0 saturated carbocycles. The first-order valence-corrected chi connectivity index (χ1v) is 4.52. The normalized spacial score (nSPS) is 19.0. The van der Waals surface area contributed by atoms with Gasteiger partial charge >= 0.3 is 0 Å². The van der Waals surface area contributed by atoms with Crippen LogP contribution in [-0.4, -0.2) is 36.2 Å². The van der Waals surface area contributed by atoms with Crippen molar-refractivity contribution in [3.05, 3.63) is 24.4 Å². The van der Waals surface area contributed by atoms with Crippen LogP contribution in [0.15, 0.2) is 24.4 Å². The van der Waals surface area contributed by atoms with Crippen LogP contribution in [0, 0.1) is 0 Å². The molecule has 0 spiro atoms. The average molecular weight is 178 g/mol. The summed E-state index contributed by atoms with van der Waals surface area (Å²) in [5.74, 6) is 6.71. The molecule has 1 aromatic heterocycles. The number of anilines is 1. The zero-order valence-electron chi connectivity index (χ0n) is 7.56. The SMILES string of the molecule is NN1CCN(c2ccccn2)CC1. The van der Waals surface area contributed by atoms with Crippen LogP contribution in [0.2, 0.25) is 0 Å². The van der Waals surface area contributed by atoms with E-state index in [1.807, 2.05) is 29.4 Å². The number of hydrogen-bond acceptors (Lipinski definition) is 4. The molecule has 0 aliphatic carbocycles. The smallest absolute Gasteiger partial charge is 0.128 e. The number of piperazine rings is 1. The molecule has 1 saturated heterocycles. The Kier molecular flexibility index (Phi) is 2.42. The Balaban J connectivity index is 2.03. The predicted molar refractivity (Wildman–Crippen MR) is 52.2 cm³/mol. The largest absolute Gasteiger partial charge is 0.354 e. The quantitative estimate of drug-likeness (QED) is 0.618. The Morgan fingerprint density at radius 3 is 2.54 bits per heavy atom. The average Bonchev–Trinajstić information content (AvgIpc) is 2.20. The molecular formula is C9H14N4. The third-order valence-electron chi connectivity index (χ3n) is 2.29. The van der Waals surface area contributed by atoms with Crippen molar-refractivity contribution >= 4 is 5.82 Å². The van der Waals surface area contributed by atoms with E-state index in [4.69, 9.17) is 5.84 Å². The van der Waals surface area contributed by atoms with Crippen molar-refractivity contribution in [1.29, 1.82) is 0 Å². The van der Waals surface area contributed by atoms with Crippen LogP contribution in [0.3, 0.4) is 0 Å². The molecule has 0 radical (unpaired) electrons. The molecule has 0 bridgehead atoms. The van der Waals surface area contributed by atoms with E-state index in [1.165, 1.54) is 0 Å². The van der Waals surface area contributed by atoms with E-state index in [0.29, 0.717) is 0 Å². The summed E-state index contributed by atoms with van der Waals surface area (Å²) in [6.45, 7) is 3.76. The van der Waals surface area contributed by atoms with Gasteiger partial charge in [0.1, 0.15) is 5.82 Å². The molecule has 2 N–H and O–H groups in total. The van der Waals surface area contributed by atoms with Gasteiger partial charge in [0.2, 0.25) is 0 Å². The number of aromatic nitrogens is 1. The molecule has 4 heteroatoms. The highest BCUT2D eigenvalue weighted by atomic mass is 15.4. The van der Waals surface area contributed by atoms with Gasteiger partial charge in [-0.05, 0) is 12.1 Å². The monoisotopic (exact) mass is 178 g/mol. The molecule has 13 heavy (non-hydrogen) atoms. The van der Waals surface area contributed by atoms with Crippen molar-refractivity contribution in [2.24, 2.45) is 5.84 Å². The van der Waals surface area contributed by atoms with E-state index >= 15 is 0 Å². The van der Waals surface area contributed by atoms with E-state index in [9.17, 15) is 0 Å². The lowest BCUT2D eigenvalue weighted by atomic mass is 10.3. The molecule has 2 heterocycles. The first-order valence-electron chi connectivity index (χ1n) is 4.52. The highest BCUT2D eigenvalue weighted by molar-refractivity contribution is 5.38. The molecular weight excluding hydrogens is 164 g/mol. The molecule has 1 fully saturated rings. The highest BCUT2D eigenvalue weighted by Crippen LogP contribution is 2.10. The van der Waals surface area contributed by atoms with Crippen molar-refractivity contribution in [2.75, 3.05) is 31.1 Å². The van der Waals surface area contributed by atoms with E-state index in [-0.39, 0.29) is 0 Å². The van der Waals surface area contributed by atoms with Gasteiger partial charge in [0.15, 0.2) is 0 Å². The van der Waals surface area contributed by atoms with E-state index in [0.717, 1.165) is 32.0 Å². The second kappa shape index (κ2) is 3.72. The molecule has 1 aliphatic rings. The summed E-state index contributed by atoms with van der Waals surface area (Å²) in [5.41, 5.74) is 0. The number of hydrazine groups is 1. The van der Waals surface area contributed by atoms with Gasteiger partial charge in [-0.3, -0.25) is 5.84 Å². The fourth-order valence-corrected chi connectivity index (χ4v) is 1.49. The van der Waals surface area contributed by atoms with Crippen molar-refractivity contribution < 1.29 is 0 Å². The summed E-state index contributed by atoms with van der Waals surface area (Å²) in [6, 6.07) is 5.98. The standard InChI is InChI=1S/C9H14N4/c10-13-7-5-12(6-8-13)9-3-1-2-4-11-9/h1-4H,5-8,10H2. The van der Waals surface area contributed by atoms with Gasteiger partial charge in [0, 0.05) is 32.4 Å². The van der Waals surface area contributed by atoms with Crippen molar-refractivity contribution in [1.82, 2.24) is 9.99 Å². The summed E-state index contributed by atoms with van der Waals surface area (Å²) in [7, 11) is 0. The lowest BCUT2D eigenvalue weighted by molar-refractivity contribution is 0.265. The number of pyridine rings is 1. The topological polar surface area (TPSA) is 45.4 Å². The molecule has 70 valence electrons. The maximum absolute atomic E-state index is 5.66.